The van der Waals surface area contributed by atoms with Crippen molar-refractivity contribution in [2.24, 2.45) is 11.8 Å². The zero-order valence-electron chi connectivity index (χ0n) is 17.0. The molecule has 0 radical (unpaired) electrons. The zero-order valence-corrected chi connectivity index (χ0v) is 17.8. The summed E-state index contributed by atoms with van der Waals surface area (Å²) in [5.74, 6) is 0.684. The topological polar surface area (TPSA) is 66.5 Å². The average molecular weight is 407 g/mol. The fraction of sp³-hybridized carbons (Fsp3) is 0.682. The molecule has 1 N–H and O–H groups in total. The summed E-state index contributed by atoms with van der Waals surface area (Å²) in [7, 11) is -3.41. The monoisotopic (exact) mass is 406 g/mol. The van der Waals surface area contributed by atoms with Gasteiger partial charge in [0.25, 0.3) is 0 Å². The Hall–Kier alpha value is -1.40. The normalized spacial score (nSPS) is 22.5. The third-order valence-corrected chi connectivity index (χ3v) is 8.11. The van der Waals surface area contributed by atoms with Crippen LogP contribution in [0.25, 0.3) is 0 Å². The van der Waals surface area contributed by atoms with Crippen molar-refractivity contribution in [3.63, 3.8) is 0 Å². The number of sulfonamides is 1. The van der Waals surface area contributed by atoms with Gasteiger partial charge in [-0.15, -0.1) is 0 Å². The summed E-state index contributed by atoms with van der Waals surface area (Å²) >= 11 is 0. The van der Waals surface area contributed by atoms with Gasteiger partial charge < -0.3 is 5.32 Å². The van der Waals surface area contributed by atoms with E-state index in [0.29, 0.717) is 30.4 Å². The second-order valence-electron chi connectivity index (χ2n) is 8.45. The maximum absolute atomic E-state index is 12.8. The lowest BCUT2D eigenvalue weighted by Crippen LogP contribution is -2.33. The smallest absolute Gasteiger partial charge is 0.243 e. The Bertz CT molecular complexity index is 738. The molecule has 1 aliphatic carbocycles. The van der Waals surface area contributed by atoms with Gasteiger partial charge in [-0.05, 0) is 50.7 Å². The second-order valence-corrected chi connectivity index (χ2v) is 10.4. The van der Waals surface area contributed by atoms with Gasteiger partial charge in [-0.1, -0.05) is 49.8 Å². The number of benzene rings is 1. The van der Waals surface area contributed by atoms with E-state index in [1.807, 2.05) is 19.1 Å². The highest BCUT2D eigenvalue weighted by atomic mass is 32.2. The van der Waals surface area contributed by atoms with Crippen molar-refractivity contribution >= 4 is 15.9 Å². The van der Waals surface area contributed by atoms with Gasteiger partial charge in [-0.25, -0.2) is 8.42 Å². The Labute approximate surface area is 169 Å². The molecule has 1 amide bonds. The van der Waals surface area contributed by atoms with E-state index < -0.39 is 10.0 Å². The summed E-state index contributed by atoms with van der Waals surface area (Å²) in [4.78, 5) is 12.8. The Balaban J connectivity index is 1.44. The minimum absolute atomic E-state index is 0.169. The van der Waals surface area contributed by atoms with Gasteiger partial charge in [-0.3, -0.25) is 4.79 Å². The van der Waals surface area contributed by atoms with Crippen LogP contribution in [0.3, 0.4) is 0 Å². The van der Waals surface area contributed by atoms with E-state index in [2.05, 4.69) is 5.32 Å². The molecule has 1 aliphatic heterocycles. The van der Waals surface area contributed by atoms with Crippen molar-refractivity contribution < 1.29 is 13.2 Å². The molecule has 2 aliphatic rings. The highest BCUT2D eigenvalue weighted by Gasteiger charge is 2.32. The van der Waals surface area contributed by atoms with Gasteiger partial charge in [-0.2, -0.15) is 4.31 Å². The van der Waals surface area contributed by atoms with E-state index in [1.54, 1.807) is 16.4 Å². The number of nitrogens with one attached hydrogen (secondary N) is 1. The molecule has 1 aromatic rings. The van der Waals surface area contributed by atoms with E-state index in [-0.39, 0.29) is 11.8 Å². The van der Waals surface area contributed by atoms with Crippen LogP contribution >= 0.6 is 0 Å². The fourth-order valence-electron chi connectivity index (χ4n) is 4.37. The maximum Gasteiger partial charge on any atom is 0.243 e. The largest absolute Gasteiger partial charge is 0.356 e. The van der Waals surface area contributed by atoms with Crippen molar-refractivity contribution in [1.82, 2.24) is 9.62 Å². The van der Waals surface area contributed by atoms with Crippen molar-refractivity contribution in [1.29, 1.82) is 0 Å². The molecule has 5 nitrogen and oxygen atoms in total. The number of carbonyl (C=O) groups is 1. The number of aryl methyl sites for hydroxylation is 1. The summed E-state index contributed by atoms with van der Waals surface area (Å²) in [5, 5.41) is 3.11. The Morgan fingerprint density at radius 1 is 1.04 bits per heavy atom. The van der Waals surface area contributed by atoms with E-state index in [0.717, 1.165) is 44.1 Å². The highest BCUT2D eigenvalue weighted by Crippen LogP contribution is 2.26. The first-order chi connectivity index (χ1) is 13.5. The SMILES string of the molecule is Cc1ccc(S(=O)(=O)N2CCC(CCNC(=O)C3CCCCCCC3)C2)cc1. The third-order valence-electron chi connectivity index (χ3n) is 6.24. The van der Waals surface area contributed by atoms with Gasteiger partial charge in [0.15, 0.2) is 0 Å². The lowest BCUT2D eigenvalue weighted by Gasteiger charge is -2.20. The molecule has 1 unspecified atom stereocenters. The molecule has 1 saturated heterocycles. The minimum Gasteiger partial charge on any atom is -0.356 e. The molecule has 1 atom stereocenters. The quantitative estimate of drug-likeness (QED) is 0.780. The third kappa shape index (κ3) is 5.57. The number of carbonyl (C=O) groups excluding carboxylic acids is 1. The first kappa shape index (κ1) is 21.3. The summed E-state index contributed by atoms with van der Waals surface area (Å²) in [6.45, 7) is 3.72. The predicted molar refractivity (Wildman–Crippen MR) is 111 cm³/mol. The van der Waals surface area contributed by atoms with E-state index in [1.165, 1.54) is 19.3 Å². The lowest BCUT2D eigenvalue weighted by atomic mass is 9.90. The molecule has 0 aromatic heterocycles. The fourth-order valence-corrected chi connectivity index (χ4v) is 5.90. The lowest BCUT2D eigenvalue weighted by molar-refractivity contribution is -0.125. The van der Waals surface area contributed by atoms with Crippen LogP contribution in [0, 0.1) is 18.8 Å². The number of rotatable bonds is 6. The first-order valence-electron chi connectivity index (χ1n) is 10.8. The molecule has 156 valence electrons. The first-order valence-corrected chi connectivity index (χ1v) is 12.3. The highest BCUT2D eigenvalue weighted by molar-refractivity contribution is 7.89. The molecule has 1 aromatic carbocycles. The number of hydrogen-bond acceptors (Lipinski definition) is 3. The van der Waals surface area contributed by atoms with Gasteiger partial charge in [0.05, 0.1) is 4.90 Å². The van der Waals surface area contributed by atoms with Gasteiger partial charge in [0.1, 0.15) is 0 Å². The molecular weight excluding hydrogens is 372 g/mol. The molecule has 1 saturated carbocycles. The Morgan fingerprint density at radius 3 is 2.36 bits per heavy atom. The predicted octanol–water partition coefficient (Wildman–Crippen LogP) is 3.87. The molecular formula is C22H34N2O3S. The van der Waals surface area contributed by atoms with E-state index in [9.17, 15) is 13.2 Å². The Morgan fingerprint density at radius 2 is 1.68 bits per heavy atom. The zero-order chi connectivity index (χ0) is 20.0. The molecule has 1 heterocycles. The second kappa shape index (κ2) is 9.88. The van der Waals surface area contributed by atoms with Crippen LogP contribution in [0.4, 0.5) is 0 Å². The van der Waals surface area contributed by atoms with Crippen LogP contribution in [0.2, 0.25) is 0 Å². The average Bonchev–Trinajstić information content (AvgIpc) is 3.11. The van der Waals surface area contributed by atoms with Crippen molar-refractivity contribution in [2.75, 3.05) is 19.6 Å². The van der Waals surface area contributed by atoms with Crippen LogP contribution in [-0.4, -0.2) is 38.3 Å². The number of nitrogens with zero attached hydrogens (tertiary/aromatic N) is 1. The standard InChI is InChI=1S/C22H34N2O3S/c1-18-9-11-21(12-10-18)28(26,27)24-16-14-19(17-24)13-15-23-22(25)20-7-5-3-2-4-6-8-20/h9-12,19-20H,2-8,13-17H2,1H3,(H,23,25). The molecule has 0 spiro atoms. The molecule has 2 fully saturated rings. The molecule has 6 heteroatoms. The van der Waals surface area contributed by atoms with E-state index >= 15 is 0 Å². The summed E-state index contributed by atoms with van der Waals surface area (Å²) < 4.78 is 27.2. The van der Waals surface area contributed by atoms with Crippen molar-refractivity contribution in [3.05, 3.63) is 29.8 Å². The van der Waals surface area contributed by atoms with Gasteiger partial charge >= 0.3 is 0 Å². The Kier molecular flexibility index (Phi) is 7.52. The van der Waals surface area contributed by atoms with Crippen LogP contribution in [0.15, 0.2) is 29.2 Å². The molecule has 0 bridgehead atoms. The molecule has 28 heavy (non-hydrogen) atoms. The van der Waals surface area contributed by atoms with Crippen LogP contribution < -0.4 is 5.32 Å². The summed E-state index contributed by atoms with van der Waals surface area (Å²) in [6, 6.07) is 7.05. The number of hydrogen-bond donors (Lipinski definition) is 1. The number of amides is 1. The van der Waals surface area contributed by atoms with E-state index in [4.69, 9.17) is 0 Å². The summed E-state index contributed by atoms with van der Waals surface area (Å²) in [5.41, 5.74) is 1.05. The van der Waals surface area contributed by atoms with Crippen molar-refractivity contribution in [2.45, 2.75) is 69.6 Å². The maximum atomic E-state index is 12.8. The van der Waals surface area contributed by atoms with Gasteiger partial charge in [0.2, 0.25) is 15.9 Å². The molecule has 3 rings (SSSR count). The van der Waals surface area contributed by atoms with Crippen LogP contribution in [-0.2, 0) is 14.8 Å². The van der Waals surface area contributed by atoms with Gasteiger partial charge in [0, 0.05) is 25.6 Å². The summed E-state index contributed by atoms with van der Waals surface area (Å²) in [6.07, 6.45) is 9.85. The minimum atomic E-state index is -3.41. The van der Waals surface area contributed by atoms with Crippen LogP contribution in [0.5, 0.6) is 0 Å². The van der Waals surface area contributed by atoms with Crippen molar-refractivity contribution in [3.8, 4) is 0 Å². The van der Waals surface area contributed by atoms with Crippen LogP contribution in [0.1, 0.15) is 63.4 Å².